The van der Waals surface area contributed by atoms with Crippen LogP contribution in [0.15, 0.2) is 0 Å². The normalized spacial score (nSPS) is 12.2. The zero-order chi connectivity index (χ0) is 50.3. The molecule has 0 aliphatic rings. The first-order chi connectivity index (χ1) is 32.8. The Kier molecular flexibility index (Phi) is 44.4. The molecule has 0 spiro atoms. The van der Waals surface area contributed by atoms with E-state index in [1.54, 1.807) is 6.92 Å². The molecule has 0 aliphatic carbocycles. The SMILES string of the molecule is CCCC(=O)NC(CCC(=O)CCC(=O)CCC(=O)NCCCCC(NC(=O)COCCOCCOCCOCCOCCOCCOCCOCCOCCOCCC(C)C)C(N)=O)C(=O)O. The molecule has 2 atom stereocenters. The largest absolute Gasteiger partial charge is 0.480 e. The van der Waals surface area contributed by atoms with Crippen LogP contribution in [0.2, 0.25) is 0 Å². The van der Waals surface area contributed by atoms with Gasteiger partial charge in [0.25, 0.3) is 0 Å². The number of hydrogen-bond acceptors (Lipinski definition) is 17. The lowest BCUT2D eigenvalue weighted by Gasteiger charge is -2.15. The number of amides is 4. The van der Waals surface area contributed by atoms with Gasteiger partial charge in [0, 0.05) is 51.7 Å². The molecule has 6 N–H and O–H groups in total. The van der Waals surface area contributed by atoms with Crippen molar-refractivity contribution >= 4 is 41.2 Å². The number of primary amides is 1. The predicted octanol–water partition coefficient (Wildman–Crippen LogP) is 1.30. The number of aliphatic carboxylic acids is 1. The van der Waals surface area contributed by atoms with Crippen LogP contribution in [0.1, 0.15) is 97.8 Å². The minimum Gasteiger partial charge on any atom is -0.480 e. The maximum Gasteiger partial charge on any atom is 0.326 e. The second-order valence-corrected chi connectivity index (χ2v) is 15.9. The monoisotopic (exact) mass is 981 g/mol. The van der Waals surface area contributed by atoms with Crippen LogP contribution >= 0.6 is 0 Å². The number of nitrogens with two attached hydrogens (primary N) is 1. The Bertz CT molecular complexity index is 1330. The summed E-state index contributed by atoms with van der Waals surface area (Å²) in [5.41, 5.74) is 5.45. The van der Waals surface area contributed by atoms with Crippen molar-refractivity contribution in [2.24, 2.45) is 11.7 Å². The topological polar surface area (TPSA) is 294 Å². The summed E-state index contributed by atoms with van der Waals surface area (Å²) in [5, 5.41) is 16.9. The number of unbranched alkanes of at least 4 members (excludes halogenated alkanes) is 1. The Hall–Kier alpha value is -3.71. The molecule has 0 bridgehead atoms. The zero-order valence-corrected chi connectivity index (χ0v) is 41.0. The lowest BCUT2D eigenvalue weighted by Crippen LogP contribution is -2.45. The first-order valence-electron chi connectivity index (χ1n) is 24.0. The van der Waals surface area contributed by atoms with Gasteiger partial charge in [-0.05, 0) is 44.4 Å². The molecule has 0 aromatic carbocycles. The fourth-order valence-electron chi connectivity index (χ4n) is 5.61. The zero-order valence-electron chi connectivity index (χ0n) is 41.0. The lowest BCUT2D eigenvalue weighted by atomic mass is 10.0. The second kappa shape index (κ2) is 47.0. The van der Waals surface area contributed by atoms with Crippen molar-refractivity contribution in [2.45, 2.75) is 110 Å². The number of ether oxygens (including phenoxy) is 10. The Morgan fingerprint density at radius 1 is 0.441 bits per heavy atom. The summed E-state index contributed by atoms with van der Waals surface area (Å²) in [7, 11) is 0. The van der Waals surface area contributed by atoms with Crippen LogP contribution in [-0.2, 0) is 80.9 Å². The highest BCUT2D eigenvalue weighted by molar-refractivity contribution is 5.89. The molecule has 22 heteroatoms. The van der Waals surface area contributed by atoms with Gasteiger partial charge in [-0.15, -0.1) is 0 Å². The molecule has 0 saturated heterocycles. The highest BCUT2D eigenvalue weighted by Gasteiger charge is 2.21. The number of rotatable bonds is 52. The number of carbonyl (C=O) groups excluding carboxylic acids is 6. The van der Waals surface area contributed by atoms with Gasteiger partial charge >= 0.3 is 5.97 Å². The Labute approximate surface area is 402 Å². The molecule has 4 amide bonds. The number of Topliss-reactive ketones (excluding diaryl/α,β-unsaturated/α-hetero) is 2. The lowest BCUT2D eigenvalue weighted by molar-refractivity contribution is -0.142. The predicted molar refractivity (Wildman–Crippen MR) is 248 cm³/mol. The quantitative estimate of drug-likeness (QED) is 0.0537. The van der Waals surface area contributed by atoms with E-state index in [0.717, 1.165) is 13.0 Å². The van der Waals surface area contributed by atoms with Gasteiger partial charge in [0.15, 0.2) is 0 Å². The standard InChI is InChI=1S/C46H84N4O18/c1-4-7-43(54)50-41(46(57)58)13-11-38(51)9-10-39(52)12-14-42(53)48-16-6-5-8-40(45(47)56)49-44(55)36-68-35-34-67-33-32-66-31-30-65-29-28-64-27-26-63-25-24-62-23-22-61-21-20-60-19-18-59-17-15-37(2)3/h37,40-41H,4-36H2,1-3H3,(H2,47,56)(H,48,53)(H,49,55)(H,50,54)(H,57,58). The highest BCUT2D eigenvalue weighted by Crippen LogP contribution is 2.07. The van der Waals surface area contributed by atoms with E-state index >= 15 is 0 Å². The van der Waals surface area contributed by atoms with Crippen molar-refractivity contribution in [3.05, 3.63) is 0 Å². The minimum absolute atomic E-state index is 0.0562. The van der Waals surface area contributed by atoms with Crippen LogP contribution < -0.4 is 21.7 Å². The average Bonchev–Trinajstić information content (AvgIpc) is 3.30. The summed E-state index contributed by atoms with van der Waals surface area (Å²) < 4.78 is 54.5. The van der Waals surface area contributed by atoms with E-state index < -0.39 is 35.8 Å². The Morgan fingerprint density at radius 3 is 1.25 bits per heavy atom. The summed E-state index contributed by atoms with van der Waals surface area (Å²) in [6.07, 6.45) is 2.58. The Morgan fingerprint density at radius 2 is 0.838 bits per heavy atom. The number of ketones is 2. The number of nitrogens with one attached hydrogen (secondary N) is 3. The molecule has 0 aromatic heterocycles. The summed E-state index contributed by atoms with van der Waals surface area (Å²) in [6.45, 7) is 14.7. The fraction of sp³-hybridized carbons (Fsp3) is 0.848. The van der Waals surface area contributed by atoms with Gasteiger partial charge in [0.2, 0.25) is 23.6 Å². The molecule has 0 aromatic rings. The summed E-state index contributed by atoms with van der Waals surface area (Å²) in [4.78, 5) is 83.7. The molecular weight excluding hydrogens is 897 g/mol. The summed E-state index contributed by atoms with van der Waals surface area (Å²) in [6, 6.07) is -2.09. The first kappa shape index (κ1) is 64.3. The second-order valence-electron chi connectivity index (χ2n) is 15.9. The molecule has 68 heavy (non-hydrogen) atoms. The third-order valence-electron chi connectivity index (χ3n) is 9.48. The van der Waals surface area contributed by atoms with Gasteiger partial charge in [-0.2, -0.15) is 0 Å². The molecule has 2 unspecified atom stereocenters. The smallest absolute Gasteiger partial charge is 0.326 e. The van der Waals surface area contributed by atoms with Crippen LogP contribution in [-0.4, -0.2) is 197 Å². The van der Waals surface area contributed by atoms with Gasteiger partial charge in [-0.25, -0.2) is 4.79 Å². The first-order valence-corrected chi connectivity index (χ1v) is 24.0. The van der Waals surface area contributed by atoms with Crippen molar-refractivity contribution in [1.82, 2.24) is 16.0 Å². The number of hydrogen-bond donors (Lipinski definition) is 5. The molecule has 0 fully saturated rings. The molecular formula is C46H84N4O18. The number of carboxylic acids is 1. The van der Waals surface area contributed by atoms with Crippen molar-refractivity contribution in [1.29, 1.82) is 0 Å². The summed E-state index contributed by atoms with van der Waals surface area (Å²) in [5.74, 6) is -3.14. The van der Waals surface area contributed by atoms with E-state index in [9.17, 15) is 38.7 Å². The van der Waals surface area contributed by atoms with Crippen molar-refractivity contribution in [3.63, 3.8) is 0 Å². The Balaban J connectivity index is 3.64. The molecule has 396 valence electrons. The maximum atomic E-state index is 12.3. The van der Waals surface area contributed by atoms with Gasteiger partial charge in [0.05, 0.1) is 119 Å². The molecule has 0 radical (unpaired) electrons. The van der Waals surface area contributed by atoms with Gasteiger partial charge in [0.1, 0.15) is 30.3 Å². The average molecular weight is 981 g/mol. The minimum atomic E-state index is -1.23. The number of carbonyl (C=O) groups is 7. The number of carboxylic acid groups (broad SMARTS) is 1. The van der Waals surface area contributed by atoms with Crippen LogP contribution in [0, 0.1) is 5.92 Å². The van der Waals surface area contributed by atoms with E-state index in [2.05, 4.69) is 29.8 Å². The van der Waals surface area contributed by atoms with Crippen LogP contribution in [0.4, 0.5) is 0 Å². The fourth-order valence-corrected chi connectivity index (χ4v) is 5.61. The van der Waals surface area contributed by atoms with Crippen molar-refractivity contribution < 1.29 is 86.0 Å². The van der Waals surface area contributed by atoms with Crippen molar-refractivity contribution in [2.75, 3.05) is 139 Å². The van der Waals surface area contributed by atoms with Crippen LogP contribution in [0.3, 0.4) is 0 Å². The molecule has 0 heterocycles. The van der Waals surface area contributed by atoms with Crippen LogP contribution in [0.5, 0.6) is 0 Å². The maximum absolute atomic E-state index is 12.3. The highest BCUT2D eigenvalue weighted by atomic mass is 16.6. The molecule has 0 saturated carbocycles. The van der Waals surface area contributed by atoms with Crippen LogP contribution in [0.25, 0.3) is 0 Å². The van der Waals surface area contributed by atoms with E-state index in [1.165, 1.54) is 0 Å². The van der Waals surface area contributed by atoms with Gasteiger partial charge in [-0.3, -0.25) is 28.8 Å². The van der Waals surface area contributed by atoms with Gasteiger partial charge < -0.3 is 74.2 Å². The molecule has 22 nitrogen and oxygen atoms in total. The van der Waals surface area contributed by atoms with Gasteiger partial charge in [-0.1, -0.05) is 20.8 Å². The van der Waals surface area contributed by atoms with E-state index in [0.29, 0.717) is 131 Å². The van der Waals surface area contributed by atoms with E-state index in [-0.39, 0.29) is 95.2 Å². The third kappa shape index (κ3) is 44.8. The third-order valence-corrected chi connectivity index (χ3v) is 9.48. The van der Waals surface area contributed by atoms with E-state index in [1.807, 2.05) is 0 Å². The van der Waals surface area contributed by atoms with Crippen molar-refractivity contribution in [3.8, 4) is 0 Å². The molecule has 0 aliphatic heterocycles. The van der Waals surface area contributed by atoms with E-state index in [4.69, 9.17) is 53.1 Å². The molecule has 0 rings (SSSR count). The summed E-state index contributed by atoms with van der Waals surface area (Å²) >= 11 is 0.